The molecule has 0 bridgehead atoms. The molecule has 21 heavy (non-hydrogen) atoms. The molecule has 0 spiro atoms. The van der Waals surface area contributed by atoms with E-state index in [0.29, 0.717) is 6.07 Å². The Morgan fingerprint density at radius 1 is 1.00 bits per heavy atom. The Kier molecular flexibility index (Phi) is 4.84. The molecule has 0 radical (unpaired) electrons. The zero-order chi connectivity index (χ0) is 15.5. The Bertz CT molecular complexity index is 614. The van der Waals surface area contributed by atoms with Gasteiger partial charge in [-0.25, -0.2) is 9.82 Å². The number of hydrogen-bond acceptors (Lipinski definition) is 2. The number of halogens is 5. The van der Waals surface area contributed by atoms with Gasteiger partial charge in [-0.3, -0.25) is 0 Å². The third-order valence-electron chi connectivity index (χ3n) is 2.76. The molecule has 7 heteroatoms. The average Bonchev–Trinajstić information content (AvgIpc) is 2.42. The zero-order valence-electron chi connectivity index (χ0n) is 10.6. The molecule has 0 fully saturated rings. The maximum Gasteiger partial charge on any atom is 0.417 e. The van der Waals surface area contributed by atoms with E-state index in [1.54, 1.807) is 24.3 Å². The summed E-state index contributed by atoms with van der Waals surface area (Å²) in [7, 11) is 0. The number of para-hydroxylation sites is 1. The molecule has 2 rings (SSSR count). The number of anilines is 1. The van der Waals surface area contributed by atoms with E-state index in [1.165, 1.54) is 0 Å². The number of hydrazine groups is 1. The van der Waals surface area contributed by atoms with Gasteiger partial charge in [-0.2, -0.15) is 13.2 Å². The smallest absolute Gasteiger partial charge is 0.321 e. The average molecular weight is 363 g/mol. The number of rotatable bonds is 4. The van der Waals surface area contributed by atoms with Crippen LogP contribution in [0.25, 0.3) is 0 Å². The predicted molar refractivity (Wildman–Crippen MR) is 76.0 cm³/mol. The van der Waals surface area contributed by atoms with E-state index in [-0.39, 0.29) is 16.6 Å². The van der Waals surface area contributed by atoms with Crippen LogP contribution in [0.1, 0.15) is 11.1 Å². The maximum absolute atomic E-state index is 13.7. The fraction of sp³-hybridized carbons (Fsp3) is 0.143. The molecule has 2 N–H and O–H groups in total. The van der Waals surface area contributed by atoms with Crippen molar-refractivity contribution in [3.63, 3.8) is 0 Å². The lowest BCUT2D eigenvalue weighted by atomic mass is 10.1. The third kappa shape index (κ3) is 3.95. The molecule has 112 valence electrons. The molecule has 0 amide bonds. The monoisotopic (exact) mass is 362 g/mol. The standard InChI is InChI=1S/C14H11BrF4N2/c15-13-10(8-20-21-9-4-2-1-3-5-9)12(16)7-6-11(13)14(17,18)19/h1-7,20-21H,8H2. The third-order valence-corrected chi connectivity index (χ3v) is 3.67. The van der Waals surface area contributed by atoms with Crippen LogP contribution in [-0.2, 0) is 12.7 Å². The van der Waals surface area contributed by atoms with Gasteiger partial charge in [-0.1, -0.05) is 18.2 Å². The van der Waals surface area contributed by atoms with Gasteiger partial charge in [0.05, 0.1) is 5.56 Å². The molecule has 0 aliphatic heterocycles. The number of hydrogen-bond donors (Lipinski definition) is 2. The van der Waals surface area contributed by atoms with Crippen molar-refractivity contribution >= 4 is 21.6 Å². The summed E-state index contributed by atoms with van der Waals surface area (Å²) in [5.74, 6) is -0.711. The highest BCUT2D eigenvalue weighted by Crippen LogP contribution is 2.37. The Morgan fingerprint density at radius 2 is 1.67 bits per heavy atom. The first-order valence-electron chi connectivity index (χ1n) is 5.97. The lowest BCUT2D eigenvalue weighted by Crippen LogP contribution is -2.22. The van der Waals surface area contributed by atoms with Gasteiger partial charge in [0.15, 0.2) is 0 Å². The highest BCUT2D eigenvalue weighted by molar-refractivity contribution is 9.10. The molecule has 0 aliphatic carbocycles. The molecule has 0 heterocycles. The van der Waals surface area contributed by atoms with Crippen molar-refractivity contribution < 1.29 is 17.6 Å². The summed E-state index contributed by atoms with van der Waals surface area (Å²) in [5, 5.41) is 0. The summed E-state index contributed by atoms with van der Waals surface area (Å²) in [6, 6.07) is 10.5. The first kappa shape index (κ1) is 15.8. The van der Waals surface area contributed by atoms with E-state index in [0.717, 1.165) is 11.8 Å². The number of alkyl halides is 3. The van der Waals surface area contributed by atoms with E-state index >= 15 is 0 Å². The van der Waals surface area contributed by atoms with E-state index in [1.807, 2.05) is 6.07 Å². The quantitative estimate of drug-likeness (QED) is 0.607. The van der Waals surface area contributed by atoms with Crippen molar-refractivity contribution in [3.05, 3.63) is 63.9 Å². The summed E-state index contributed by atoms with van der Waals surface area (Å²) in [5.41, 5.74) is 5.21. The van der Waals surface area contributed by atoms with Gasteiger partial charge < -0.3 is 5.43 Å². The summed E-state index contributed by atoms with van der Waals surface area (Å²) >= 11 is 2.83. The molecule has 0 atom stereocenters. The first-order valence-corrected chi connectivity index (χ1v) is 6.77. The van der Waals surface area contributed by atoms with Gasteiger partial charge in [-0.15, -0.1) is 0 Å². The molecule has 0 saturated carbocycles. The topological polar surface area (TPSA) is 24.1 Å². The van der Waals surface area contributed by atoms with Crippen molar-refractivity contribution in [1.29, 1.82) is 0 Å². The van der Waals surface area contributed by atoms with Gasteiger partial charge >= 0.3 is 6.18 Å². The van der Waals surface area contributed by atoms with Gasteiger partial charge in [0.25, 0.3) is 0 Å². The highest BCUT2D eigenvalue weighted by Gasteiger charge is 2.34. The molecule has 0 aliphatic rings. The Hall–Kier alpha value is -1.60. The predicted octanol–water partition coefficient (Wildman–Crippen LogP) is 4.72. The lowest BCUT2D eigenvalue weighted by molar-refractivity contribution is -0.138. The SMILES string of the molecule is Fc1ccc(C(F)(F)F)c(Br)c1CNNc1ccccc1. The van der Waals surface area contributed by atoms with Crippen molar-refractivity contribution in [2.24, 2.45) is 0 Å². The van der Waals surface area contributed by atoms with Crippen LogP contribution in [0.15, 0.2) is 46.9 Å². The van der Waals surface area contributed by atoms with Crippen LogP contribution in [0.3, 0.4) is 0 Å². The Morgan fingerprint density at radius 3 is 2.29 bits per heavy atom. The first-order chi connectivity index (χ1) is 9.89. The minimum absolute atomic E-state index is 0.0896. The number of benzene rings is 2. The molecule has 2 nitrogen and oxygen atoms in total. The summed E-state index contributed by atoms with van der Waals surface area (Å²) in [6.07, 6.45) is -4.53. The Balaban J connectivity index is 2.13. The van der Waals surface area contributed by atoms with Crippen LogP contribution in [0, 0.1) is 5.82 Å². The molecule has 0 unspecified atom stereocenters. The van der Waals surface area contributed by atoms with Crippen molar-refractivity contribution in [3.8, 4) is 0 Å². The zero-order valence-corrected chi connectivity index (χ0v) is 12.2. The molecule has 0 saturated heterocycles. The Labute approximate surface area is 127 Å². The summed E-state index contributed by atoms with van der Waals surface area (Å²) in [4.78, 5) is 0. The van der Waals surface area contributed by atoms with E-state index in [4.69, 9.17) is 0 Å². The van der Waals surface area contributed by atoms with Crippen molar-refractivity contribution in [2.45, 2.75) is 12.7 Å². The van der Waals surface area contributed by atoms with E-state index < -0.39 is 17.6 Å². The minimum Gasteiger partial charge on any atom is -0.321 e. The van der Waals surface area contributed by atoms with Crippen molar-refractivity contribution in [2.75, 3.05) is 5.43 Å². The van der Waals surface area contributed by atoms with Crippen LogP contribution >= 0.6 is 15.9 Å². The van der Waals surface area contributed by atoms with Gasteiger partial charge in [0, 0.05) is 22.3 Å². The second kappa shape index (κ2) is 6.44. The van der Waals surface area contributed by atoms with Gasteiger partial charge in [0.2, 0.25) is 0 Å². The second-order valence-corrected chi connectivity index (χ2v) is 5.02. The largest absolute Gasteiger partial charge is 0.417 e. The van der Waals surface area contributed by atoms with Gasteiger partial charge in [0.1, 0.15) is 5.82 Å². The molecule has 0 aromatic heterocycles. The molecule has 2 aromatic rings. The normalized spacial score (nSPS) is 11.5. The van der Waals surface area contributed by atoms with Crippen LogP contribution in [-0.4, -0.2) is 0 Å². The van der Waals surface area contributed by atoms with Crippen LogP contribution in [0.2, 0.25) is 0 Å². The number of nitrogens with one attached hydrogen (secondary N) is 2. The van der Waals surface area contributed by atoms with Crippen molar-refractivity contribution in [1.82, 2.24) is 5.43 Å². The fourth-order valence-corrected chi connectivity index (χ4v) is 2.42. The van der Waals surface area contributed by atoms with Crippen LogP contribution in [0.4, 0.5) is 23.2 Å². The molecule has 2 aromatic carbocycles. The van der Waals surface area contributed by atoms with E-state index in [2.05, 4.69) is 26.8 Å². The highest BCUT2D eigenvalue weighted by atomic mass is 79.9. The van der Waals surface area contributed by atoms with E-state index in [9.17, 15) is 17.6 Å². The molecular weight excluding hydrogens is 352 g/mol. The fourth-order valence-electron chi connectivity index (χ4n) is 1.73. The summed E-state index contributed by atoms with van der Waals surface area (Å²) < 4.78 is 51.7. The lowest BCUT2D eigenvalue weighted by Gasteiger charge is -2.15. The second-order valence-electron chi connectivity index (χ2n) is 4.23. The van der Waals surface area contributed by atoms with Gasteiger partial charge in [-0.05, 0) is 40.2 Å². The minimum atomic E-state index is -4.53. The summed E-state index contributed by atoms with van der Waals surface area (Å²) in [6.45, 7) is -0.106. The maximum atomic E-state index is 13.7. The van der Waals surface area contributed by atoms with Crippen LogP contribution in [0.5, 0.6) is 0 Å². The molecular formula is C14H11BrF4N2. The van der Waals surface area contributed by atoms with Crippen LogP contribution < -0.4 is 10.9 Å².